The maximum atomic E-state index is 11.6. The smallest absolute Gasteiger partial charge is 0.164 e. The molecule has 0 aromatic heterocycles. The van der Waals surface area contributed by atoms with Crippen LogP contribution in [0.4, 0.5) is 0 Å². The lowest BCUT2D eigenvalue weighted by Crippen LogP contribution is -2.16. The third-order valence-electron chi connectivity index (χ3n) is 1.95. The molecule has 4 heteroatoms. The number of carbonyl (C=O) groups excluding carboxylic acids is 1. The molecule has 0 unspecified atom stereocenters. The van der Waals surface area contributed by atoms with Gasteiger partial charge in [0, 0.05) is 23.6 Å². The van der Waals surface area contributed by atoms with Gasteiger partial charge in [-0.2, -0.15) is 0 Å². The van der Waals surface area contributed by atoms with E-state index < -0.39 is 0 Å². The first kappa shape index (κ1) is 14.4. The topological polar surface area (TPSA) is 20.3 Å². The molecule has 1 aromatic rings. The van der Waals surface area contributed by atoms with Crippen LogP contribution in [0.1, 0.15) is 16.8 Å². The predicted molar refractivity (Wildman–Crippen MR) is 66.2 cm³/mol. The van der Waals surface area contributed by atoms with Crippen LogP contribution in [-0.2, 0) is 0 Å². The normalized spacial score (nSPS) is 9.87. The lowest BCUT2D eigenvalue weighted by Gasteiger charge is -2.08. The molecule has 0 saturated carbocycles. The van der Waals surface area contributed by atoms with Crippen LogP contribution in [0.25, 0.3) is 0 Å². The summed E-state index contributed by atoms with van der Waals surface area (Å²) in [5.41, 5.74) is 0.733. The van der Waals surface area contributed by atoms with Crippen LogP contribution < -0.4 is 0 Å². The van der Waals surface area contributed by atoms with Gasteiger partial charge in [0.05, 0.1) is 0 Å². The molecule has 0 aliphatic carbocycles. The van der Waals surface area contributed by atoms with Crippen molar-refractivity contribution in [2.75, 3.05) is 20.6 Å². The zero-order valence-electron chi connectivity index (χ0n) is 8.87. The molecule has 0 saturated heterocycles. The van der Waals surface area contributed by atoms with Crippen LogP contribution in [0.3, 0.4) is 0 Å². The number of Topliss-reactive ketones (excluding diaryl/α,β-unsaturated/α-hetero) is 1. The molecule has 0 spiro atoms. The van der Waals surface area contributed by atoms with Crippen LogP contribution in [0, 0.1) is 0 Å². The molecular weight excluding hydrogens is 233 g/mol. The second-order valence-corrected chi connectivity index (χ2v) is 3.92. The Bertz CT molecular complexity index is 309. The van der Waals surface area contributed by atoms with Crippen molar-refractivity contribution in [3.8, 4) is 0 Å². The summed E-state index contributed by atoms with van der Waals surface area (Å²) in [4.78, 5) is 13.6. The third kappa shape index (κ3) is 5.17. The Morgan fingerprint density at radius 1 is 1.27 bits per heavy atom. The van der Waals surface area contributed by atoms with Gasteiger partial charge in [0.2, 0.25) is 0 Å². The van der Waals surface area contributed by atoms with E-state index in [0.717, 1.165) is 12.1 Å². The van der Waals surface area contributed by atoms with Gasteiger partial charge in [-0.1, -0.05) is 11.6 Å². The van der Waals surface area contributed by atoms with Gasteiger partial charge in [-0.3, -0.25) is 4.79 Å². The van der Waals surface area contributed by atoms with Gasteiger partial charge in [-0.15, -0.1) is 12.4 Å². The van der Waals surface area contributed by atoms with E-state index in [2.05, 4.69) is 0 Å². The number of hydrogen-bond donors (Lipinski definition) is 0. The Hall–Kier alpha value is -0.570. The minimum Gasteiger partial charge on any atom is -0.309 e. The van der Waals surface area contributed by atoms with Crippen molar-refractivity contribution >= 4 is 29.8 Å². The van der Waals surface area contributed by atoms with Gasteiger partial charge in [0.1, 0.15) is 0 Å². The fourth-order valence-corrected chi connectivity index (χ4v) is 1.23. The Labute approximate surface area is 102 Å². The molecule has 0 atom stereocenters. The second-order valence-electron chi connectivity index (χ2n) is 3.48. The lowest BCUT2D eigenvalue weighted by atomic mass is 10.1. The molecule has 0 amide bonds. The number of carbonyl (C=O) groups is 1. The first-order chi connectivity index (χ1) is 6.59. The maximum Gasteiger partial charge on any atom is 0.164 e. The van der Waals surface area contributed by atoms with E-state index >= 15 is 0 Å². The fraction of sp³-hybridized carbons (Fsp3) is 0.364. The fourth-order valence-electron chi connectivity index (χ4n) is 1.11. The highest BCUT2D eigenvalue weighted by atomic mass is 35.5. The molecule has 0 fully saturated rings. The zero-order chi connectivity index (χ0) is 10.6. The van der Waals surface area contributed by atoms with E-state index in [1.807, 2.05) is 19.0 Å². The standard InChI is InChI=1S/C11H14ClNO.ClH/c1-13(2)8-7-11(14)9-3-5-10(12)6-4-9;/h3-6H,7-8H2,1-2H3;1H. The number of rotatable bonds is 4. The van der Waals surface area contributed by atoms with Gasteiger partial charge >= 0.3 is 0 Å². The van der Waals surface area contributed by atoms with E-state index in [4.69, 9.17) is 11.6 Å². The molecule has 0 N–H and O–H groups in total. The highest BCUT2D eigenvalue weighted by Crippen LogP contribution is 2.11. The molecule has 1 rings (SSSR count). The molecule has 0 aliphatic rings. The Balaban J connectivity index is 0.00000196. The van der Waals surface area contributed by atoms with Crippen molar-refractivity contribution < 1.29 is 4.79 Å². The summed E-state index contributed by atoms with van der Waals surface area (Å²) in [5, 5.41) is 0.661. The summed E-state index contributed by atoms with van der Waals surface area (Å²) in [6, 6.07) is 7.01. The zero-order valence-corrected chi connectivity index (χ0v) is 10.4. The van der Waals surface area contributed by atoms with Crippen molar-refractivity contribution in [2.45, 2.75) is 6.42 Å². The molecular formula is C11H15Cl2NO. The highest BCUT2D eigenvalue weighted by Gasteiger charge is 2.05. The van der Waals surface area contributed by atoms with Gasteiger partial charge in [0.25, 0.3) is 0 Å². The minimum absolute atomic E-state index is 0. The van der Waals surface area contributed by atoms with Gasteiger partial charge < -0.3 is 4.90 Å². The molecule has 15 heavy (non-hydrogen) atoms. The van der Waals surface area contributed by atoms with Gasteiger partial charge in [0.15, 0.2) is 5.78 Å². The number of nitrogens with zero attached hydrogens (tertiary/aromatic N) is 1. The second kappa shape index (κ2) is 6.83. The van der Waals surface area contributed by atoms with Crippen LogP contribution in [0.15, 0.2) is 24.3 Å². The van der Waals surface area contributed by atoms with Crippen LogP contribution in [0.5, 0.6) is 0 Å². The lowest BCUT2D eigenvalue weighted by molar-refractivity contribution is 0.0972. The molecule has 0 aliphatic heterocycles. The Kier molecular flexibility index (Phi) is 6.57. The SMILES string of the molecule is CN(C)CCC(=O)c1ccc(Cl)cc1.Cl. The number of benzene rings is 1. The average Bonchev–Trinajstić information content (AvgIpc) is 2.15. The van der Waals surface area contributed by atoms with E-state index in [-0.39, 0.29) is 18.2 Å². The average molecular weight is 248 g/mol. The Morgan fingerprint density at radius 3 is 2.27 bits per heavy atom. The van der Waals surface area contributed by atoms with Gasteiger partial charge in [-0.05, 0) is 38.4 Å². The highest BCUT2D eigenvalue weighted by molar-refractivity contribution is 6.30. The molecule has 1 aromatic carbocycles. The van der Waals surface area contributed by atoms with E-state index in [0.29, 0.717) is 11.4 Å². The number of hydrogen-bond acceptors (Lipinski definition) is 2. The molecule has 0 radical (unpaired) electrons. The summed E-state index contributed by atoms with van der Waals surface area (Å²) in [6.07, 6.45) is 0.550. The van der Waals surface area contributed by atoms with E-state index in [1.54, 1.807) is 24.3 Å². The third-order valence-corrected chi connectivity index (χ3v) is 2.20. The quantitative estimate of drug-likeness (QED) is 0.763. The van der Waals surface area contributed by atoms with Crippen LogP contribution >= 0.6 is 24.0 Å². The van der Waals surface area contributed by atoms with Crippen LogP contribution in [-0.4, -0.2) is 31.3 Å². The van der Waals surface area contributed by atoms with Crippen molar-refractivity contribution in [3.63, 3.8) is 0 Å². The maximum absolute atomic E-state index is 11.6. The van der Waals surface area contributed by atoms with E-state index in [9.17, 15) is 4.79 Å². The van der Waals surface area contributed by atoms with Gasteiger partial charge in [-0.25, -0.2) is 0 Å². The molecule has 2 nitrogen and oxygen atoms in total. The Morgan fingerprint density at radius 2 is 1.80 bits per heavy atom. The summed E-state index contributed by atoms with van der Waals surface area (Å²) in [6.45, 7) is 0.779. The summed E-state index contributed by atoms with van der Waals surface area (Å²) in [5.74, 6) is 0.162. The summed E-state index contributed by atoms with van der Waals surface area (Å²) in [7, 11) is 3.91. The van der Waals surface area contributed by atoms with Crippen LogP contribution in [0.2, 0.25) is 5.02 Å². The molecule has 84 valence electrons. The monoisotopic (exact) mass is 247 g/mol. The number of halogens is 2. The first-order valence-electron chi connectivity index (χ1n) is 4.53. The largest absolute Gasteiger partial charge is 0.309 e. The predicted octanol–water partition coefficient (Wildman–Crippen LogP) is 2.90. The molecule has 0 heterocycles. The number of ketones is 1. The molecule has 0 bridgehead atoms. The van der Waals surface area contributed by atoms with Crippen molar-refractivity contribution in [2.24, 2.45) is 0 Å². The summed E-state index contributed by atoms with van der Waals surface area (Å²) < 4.78 is 0. The van der Waals surface area contributed by atoms with Crippen molar-refractivity contribution in [1.29, 1.82) is 0 Å². The van der Waals surface area contributed by atoms with Crippen molar-refractivity contribution in [1.82, 2.24) is 4.90 Å². The first-order valence-corrected chi connectivity index (χ1v) is 4.91. The van der Waals surface area contributed by atoms with E-state index in [1.165, 1.54) is 0 Å². The minimum atomic E-state index is 0. The summed E-state index contributed by atoms with van der Waals surface area (Å²) >= 11 is 5.72. The van der Waals surface area contributed by atoms with Crippen molar-refractivity contribution in [3.05, 3.63) is 34.9 Å².